The molecule has 1 aliphatic rings. The number of carbonyl (C=O) groups is 2. The quantitative estimate of drug-likeness (QED) is 0.624. The molecule has 2 aromatic carbocycles. The van der Waals surface area contributed by atoms with Gasteiger partial charge in [-0.25, -0.2) is 14.8 Å². The third-order valence-corrected chi connectivity index (χ3v) is 5.62. The molecular formula is C25H27ClN4O3. The summed E-state index contributed by atoms with van der Waals surface area (Å²) in [6.45, 7) is 3.81. The zero-order chi connectivity index (χ0) is 24.0. The van der Waals surface area contributed by atoms with E-state index in [1.54, 1.807) is 31.2 Å². The fourth-order valence-corrected chi connectivity index (χ4v) is 3.69. The Kier molecular flexibility index (Phi) is 8.01. The summed E-state index contributed by atoms with van der Waals surface area (Å²) < 4.78 is 0. The van der Waals surface area contributed by atoms with Crippen LogP contribution in [0.4, 0.5) is 5.69 Å². The van der Waals surface area contributed by atoms with Crippen LogP contribution in [0.1, 0.15) is 41.3 Å². The molecule has 0 bridgehead atoms. The Labute approximate surface area is 198 Å². The lowest BCUT2D eigenvalue weighted by molar-refractivity contribution is -0.139. The van der Waals surface area contributed by atoms with E-state index < -0.39 is 17.9 Å². The van der Waals surface area contributed by atoms with Crippen molar-refractivity contribution in [1.29, 1.82) is 0 Å². The second kappa shape index (κ2) is 10.9. The van der Waals surface area contributed by atoms with Crippen molar-refractivity contribution in [2.45, 2.75) is 38.8 Å². The largest absolute Gasteiger partial charge is 0.480 e. The van der Waals surface area contributed by atoms with E-state index in [4.69, 9.17) is 11.6 Å². The van der Waals surface area contributed by atoms with Gasteiger partial charge in [-0.15, -0.1) is 0 Å². The molecule has 1 aliphatic heterocycles. The summed E-state index contributed by atoms with van der Waals surface area (Å²) in [7, 11) is 1.92. The molecule has 8 heteroatoms. The van der Waals surface area contributed by atoms with Gasteiger partial charge in [-0.3, -0.25) is 4.79 Å². The summed E-state index contributed by atoms with van der Waals surface area (Å²) in [5, 5.41) is 12.4. The number of nitrogens with one attached hydrogen (secondary N) is 1. The number of hydrogen-bond acceptors (Lipinski definition) is 5. The first kappa shape index (κ1) is 24.2. The zero-order valence-electron chi connectivity index (χ0n) is 18.8. The molecule has 2 atom stereocenters. The highest BCUT2D eigenvalue weighted by Gasteiger charge is 2.21. The van der Waals surface area contributed by atoms with Gasteiger partial charge in [0.2, 0.25) is 5.96 Å². The molecular weight excluding hydrogens is 440 g/mol. The molecule has 0 fully saturated rings. The van der Waals surface area contributed by atoms with Crippen molar-refractivity contribution < 1.29 is 14.7 Å². The van der Waals surface area contributed by atoms with E-state index in [9.17, 15) is 14.7 Å². The standard InChI is InChI=1S/C25H27ClN4O3/c1-16-6-4-8-20(26)22(16)23(31)29-21(24(32)33)9-5-7-18-10-12-19(13-11-18)30(3)25-27-15-14-17(2)28-25/h4-8,10-13,15,17,21H,9,14H2,1-3H3,(H,29,31)(H,32,33)/b7-5+. The third-order valence-electron chi connectivity index (χ3n) is 5.30. The first-order valence-electron chi connectivity index (χ1n) is 10.7. The minimum absolute atomic E-state index is 0.135. The van der Waals surface area contributed by atoms with E-state index in [1.807, 2.05) is 48.5 Å². The van der Waals surface area contributed by atoms with Gasteiger partial charge in [0, 0.05) is 25.4 Å². The van der Waals surface area contributed by atoms with Gasteiger partial charge in [0.25, 0.3) is 5.91 Å². The number of nitrogens with zero attached hydrogens (tertiary/aromatic N) is 3. The van der Waals surface area contributed by atoms with Crippen molar-refractivity contribution in [2.75, 3.05) is 11.9 Å². The molecule has 0 aliphatic carbocycles. The highest BCUT2D eigenvalue weighted by molar-refractivity contribution is 6.34. The van der Waals surface area contributed by atoms with Gasteiger partial charge in [0.1, 0.15) is 6.04 Å². The number of rotatable bonds is 7. The number of benzene rings is 2. The molecule has 2 N–H and O–H groups in total. The van der Waals surface area contributed by atoms with Crippen LogP contribution >= 0.6 is 11.6 Å². The average Bonchev–Trinajstić information content (AvgIpc) is 2.78. The lowest BCUT2D eigenvalue weighted by Crippen LogP contribution is -2.40. The SMILES string of the molecule is Cc1cccc(Cl)c1C(=O)NC(C/C=C/c1ccc(N(C)C2=NC(C)CC=N2)cc1)C(=O)O. The molecule has 0 aromatic heterocycles. The van der Waals surface area contributed by atoms with E-state index in [0.29, 0.717) is 11.5 Å². The van der Waals surface area contributed by atoms with Crippen LogP contribution in [0.15, 0.2) is 58.5 Å². The summed E-state index contributed by atoms with van der Waals surface area (Å²) in [4.78, 5) is 35.1. The highest BCUT2D eigenvalue weighted by Crippen LogP contribution is 2.20. The predicted octanol–water partition coefficient (Wildman–Crippen LogP) is 4.59. The fourth-order valence-electron chi connectivity index (χ4n) is 3.38. The fraction of sp³-hybridized carbons (Fsp3) is 0.280. The van der Waals surface area contributed by atoms with Crippen LogP contribution in [0.3, 0.4) is 0 Å². The van der Waals surface area contributed by atoms with E-state index in [2.05, 4.69) is 22.2 Å². The Morgan fingerprint density at radius 1 is 1.27 bits per heavy atom. The van der Waals surface area contributed by atoms with Crippen molar-refractivity contribution in [1.82, 2.24) is 5.32 Å². The Morgan fingerprint density at radius 2 is 2.00 bits per heavy atom. The molecule has 0 radical (unpaired) electrons. The summed E-state index contributed by atoms with van der Waals surface area (Å²) in [5.41, 5.74) is 2.83. The van der Waals surface area contributed by atoms with E-state index in [1.165, 1.54) is 0 Å². The molecule has 0 saturated carbocycles. The van der Waals surface area contributed by atoms with Crippen LogP contribution in [-0.2, 0) is 4.79 Å². The summed E-state index contributed by atoms with van der Waals surface area (Å²) >= 11 is 6.12. The predicted molar refractivity (Wildman–Crippen MR) is 134 cm³/mol. The van der Waals surface area contributed by atoms with Crippen LogP contribution in [0.2, 0.25) is 5.02 Å². The maximum atomic E-state index is 12.6. The molecule has 1 amide bonds. The van der Waals surface area contributed by atoms with Crippen LogP contribution in [0, 0.1) is 6.92 Å². The van der Waals surface area contributed by atoms with E-state index in [-0.39, 0.29) is 23.0 Å². The van der Waals surface area contributed by atoms with Gasteiger partial charge in [0.05, 0.1) is 16.6 Å². The average molecular weight is 467 g/mol. The molecule has 1 heterocycles. The van der Waals surface area contributed by atoms with Gasteiger partial charge in [-0.05, 0) is 49.6 Å². The van der Waals surface area contributed by atoms with Gasteiger partial charge >= 0.3 is 5.97 Å². The van der Waals surface area contributed by atoms with E-state index >= 15 is 0 Å². The summed E-state index contributed by atoms with van der Waals surface area (Å²) in [6, 6.07) is 12.0. The maximum Gasteiger partial charge on any atom is 0.326 e. The molecule has 0 saturated heterocycles. The summed E-state index contributed by atoms with van der Waals surface area (Å²) in [6.07, 6.45) is 6.41. The zero-order valence-corrected chi connectivity index (χ0v) is 19.6. The number of halogens is 1. The van der Waals surface area contributed by atoms with Crippen molar-refractivity contribution in [3.63, 3.8) is 0 Å². The molecule has 2 aromatic rings. The van der Waals surface area contributed by atoms with Crippen molar-refractivity contribution in [3.8, 4) is 0 Å². The maximum absolute atomic E-state index is 12.6. The lowest BCUT2D eigenvalue weighted by Gasteiger charge is -2.21. The first-order valence-corrected chi connectivity index (χ1v) is 11.0. The molecule has 2 unspecified atom stereocenters. The Balaban J connectivity index is 1.63. The normalized spacial score (nSPS) is 16.4. The minimum Gasteiger partial charge on any atom is -0.480 e. The minimum atomic E-state index is -1.11. The number of amides is 1. The molecule has 0 spiro atoms. The monoisotopic (exact) mass is 466 g/mol. The van der Waals surface area contributed by atoms with Gasteiger partial charge in [-0.2, -0.15) is 0 Å². The Morgan fingerprint density at radius 3 is 2.64 bits per heavy atom. The van der Waals surface area contributed by atoms with E-state index in [0.717, 1.165) is 17.7 Å². The van der Waals surface area contributed by atoms with Crippen molar-refractivity contribution >= 4 is 47.4 Å². The Bertz CT molecular complexity index is 1090. The van der Waals surface area contributed by atoms with Crippen LogP contribution < -0.4 is 10.2 Å². The van der Waals surface area contributed by atoms with Gasteiger partial charge < -0.3 is 15.3 Å². The number of aliphatic carboxylic acids is 1. The molecule has 3 rings (SSSR count). The first-order chi connectivity index (χ1) is 15.8. The number of hydrogen-bond donors (Lipinski definition) is 2. The number of anilines is 1. The van der Waals surface area contributed by atoms with Crippen molar-refractivity contribution in [2.24, 2.45) is 9.98 Å². The number of guanidine groups is 1. The molecule has 7 nitrogen and oxygen atoms in total. The van der Waals surface area contributed by atoms with Crippen LogP contribution in [0.25, 0.3) is 6.08 Å². The van der Waals surface area contributed by atoms with Crippen molar-refractivity contribution in [3.05, 3.63) is 70.3 Å². The smallest absolute Gasteiger partial charge is 0.326 e. The number of carboxylic acid groups (broad SMARTS) is 1. The lowest BCUT2D eigenvalue weighted by atomic mass is 10.1. The third kappa shape index (κ3) is 6.29. The molecule has 33 heavy (non-hydrogen) atoms. The number of carbonyl (C=O) groups excluding carboxylic acids is 1. The number of aryl methyl sites for hydroxylation is 1. The second-order valence-corrected chi connectivity index (χ2v) is 8.32. The number of carboxylic acids is 1. The van der Waals surface area contributed by atoms with Crippen LogP contribution in [-0.4, -0.2) is 48.3 Å². The van der Waals surface area contributed by atoms with Crippen LogP contribution in [0.5, 0.6) is 0 Å². The van der Waals surface area contributed by atoms with Gasteiger partial charge in [-0.1, -0.05) is 48.0 Å². The topological polar surface area (TPSA) is 94.4 Å². The summed E-state index contributed by atoms with van der Waals surface area (Å²) in [5.74, 6) is -0.947. The second-order valence-electron chi connectivity index (χ2n) is 7.91. The Hall–Kier alpha value is -3.45. The molecule has 172 valence electrons. The highest BCUT2D eigenvalue weighted by atomic mass is 35.5. The number of aliphatic imine (C=N–C) groups is 2. The van der Waals surface area contributed by atoms with Gasteiger partial charge in [0.15, 0.2) is 0 Å².